The van der Waals surface area contributed by atoms with E-state index >= 15 is 0 Å². The second-order valence-electron chi connectivity index (χ2n) is 4.36. The van der Waals surface area contributed by atoms with E-state index in [2.05, 4.69) is 5.32 Å². The Labute approximate surface area is 113 Å². The van der Waals surface area contributed by atoms with E-state index in [0.29, 0.717) is 11.3 Å². The van der Waals surface area contributed by atoms with Crippen molar-refractivity contribution in [1.29, 1.82) is 0 Å². The normalized spacial score (nSPS) is 13.7. The van der Waals surface area contributed by atoms with Crippen LogP contribution in [0.3, 0.4) is 0 Å². The van der Waals surface area contributed by atoms with Crippen LogP contribution < -0.4 is 10.1 Å². The Morgan fingerprint density at radius 3 is 2.58 bits per heavy atom. The fraction of sp³-hybridized carbons (Fsp3) is 0.500. The molecule has 0 aliphatic rings. The number of aromatic hydroxyl groups is 1. The van der Waals surface area contributed by atoms with Crippen LogP contribution in [0.15, 0.2) is 18.2 Å². The summed E-state index contributed by atoms with van der Waals surface area (Å²) in [5, 5.41) is 13.0. The number of phenolic OH excluding ortho intramolecular Hbond substituents is 1. The van der Waals surface area contributed by atoms with Crippen LogP contribution in [-0.2, 0) is 9.53 Å². The first-order valence-electron chi connectivity index (χ1n) is 6.24. The van der Waals surface area contributed by atoms with E-state index in [1.807, 2.05) is 13.8 Å². The Balaban J connectivity index is 3.03. The molecule has 0 aromatic heterocycles. The quantitative estimate of drug-likeness (QED) is 0.772. The first kappa shape index (κ1) is 15.3. The maximum atomic E-state index is 11.8. The zero-order chi connectivity index (χ0) is 14.4. The molecule has 0 radical (unpaired) electrons. The van der Waals surface area contributed by atoms with Gasteiger partial charge in [0.1, 0.15) is 6.04 Å². The Kier molecular flexibility index (Phi) is 5.63. The molecule has 0 spiro atoms. The number of hydrogen-bond donors (Lipinski definition) is 2. The fourth-order valence-corrected chi connectivity index (χ4v) is 1.71. The van der Waals surface area contributed by atoms with Crippen molar-refractivity contribution >= 4 is 5.97 Å². The van der Waals surface area contributed by atoms with Crippen LogP contribution in [0, 0.1) is 0 Å². The van der Waals surface area contributed by atoms with Crippen molar-refractivity contribution in [2.24, 2.45) is 0 Å². The van der Waals surface area contributed by atoms with E-state index in [0.717, 1.165) is 6.42 Å². The smallest absolute Gasteiger partial charge is 0.327 e. The molecule has 0 heterocycles. The van der Waals surface area contributed by atoms with Crippen LogP contribution in [0.2, 0.25) is 0 Å². The summed E-state index contributed by atoms with van der Waals surface area (Å²) in [6, 6.07) is 4.43. The van der Waals surface area contributed by atoms with Crippen molar-refractivity contribution in [2.45, 2.75) is 32.4 Å². The standard InChI is InChI=1S/C14H21NO4/c1-5-9(2)15-13(14(17)19-4)10-6-7-12(18-3)11(16)8-10/h6-9,13,15-16H,5H2,1-4H3. The molecule has 2 atom stereocenters. The third kappa shape index (κ3) is 3.86. The number of phenols is 1. The summed E-state index contributed by atoms with van der Waals surface area (Å²) in [7, 11) is 2.82. The first-order chi connectivity index (χ1) is 9.03. The highest BCUT2D eigenvalue weighted by Gasteiger charge is 2.23. The lowest BCUT2D eigenvalue weighted by Gasteiger charge is -2.21. The van der Waals surface area contributed by atoms with Crippen LogP contribution in [0.5, 0.6) is 11.5 Å². The molecule has 1 aromatic carbocycles. The average Bonchev–Trinajstić information content (AvgIpc) is 2.43. The number of methoxy groups -OCH3 is 2. The van der Waals surface area contributed by atoms with Crippen molar-refractivity contribution in [3.8, 4) is 11.5 Å². The molecular formula is C14H21NO4. The van der Waals surface area contributed by atoms with Crippen LogP contribution in [0.1, 0.15) is 31.9 Å². The Morgan fingerprint density at radius 1 is 1.42 bits per heavy atom. The van der Waals surface area contributed by atoms with Crippen molar-refractivity contribution in [2.75, 3.05) is 14.2 Å². The van der Waals surface area contributed by atoms with Crippen molar-refractivity contribution < 1.29 is 19.4 Å². The van der Waals surface area contributed by atoms with Gasteiger partial charge in [-0.05, 0) is 31.0 Å². The summed E-state index contributed by atoms with van der Waals surface area (Å²) in [5.74, 6) is -0.0133. The highest BCUT2D eigenvalue weighted by atomic mass is 16.5. The zero-order valence-electron chi connectivity index (χ0n) is 11.8. The van der Waals surface area contributed by atoms with Gasteiger partial charge >= 0.3 is 5.97 Å². The fourth-order valence-electron chi connectivity index (χ4n) is 1.71. The van der Waals surface area contributed by atoms with E-state index in [1.54, 1.807) is 12.1 Å². The molecule has 1 aromatic rings. The molecule has 0 aliphatic heterocycles. The maximum absolute atomic E-state index is 11.8. The molecule has 0 bridgehead atoms. The van der Waals surface area contributed by atoms with Gasteiger partial charge in [0, 0.05) is 6.04 Å². The van der Waals surface area contributed by atoms with Gasteiger partial charge in [0.2, 0.25) is 0 Å². The van der Waals surface area contributed by atoms with Gasteiger partial charge in [0.25, 0.3) is 0 Å². The van der Waals surface area contributed by atoms with E-state index in [1.165, 1.54) is 20.3 Å². The lowest BCUT2D eigenvalue weighted by Crippen LogP contribution is -2.35. The third-order valence-electron chi connectivity index (χ3n) is 3.04. The van der Waals surface area contributed by atoms with Gasteiger partial charge in [-0.15, -0.1) is 0 Å². The summed E-state index contributed by atoms with van der Waals surface area (Å²) < 4.78 is 9.78. The summed E-state index contributed by atoms with van der Waals surface area (Å²) >= 11 is 0. The molecule has 106 valence electrons. The summed E-state index contributed by atoms with van der Waals surface area (Å²) in [4.78, 5) is 11.8. The number of benzene rings is 1. The van der Waals surface area contributed by atoms with Crippen molar-refractivity contribution in [1.82, 2.24) is 5.32 Å². The lowest BCUT2D eigenvalue weighted by atomic mass is 10.0. The Hall–Kier alpha value is -1.75. The summed E-state index contributed by atoms with van der Waals surface area (Å²) in [5.41, 5.74) is 0.644. The van der Waals surface area contributed by atoms with Gasteiger partial charge in [-0.25, -0.2) is 4.79 Å². The van der Waals surface area contributed by atoms with E-state index in [4.69, 9.17) is 9.47 Å². The number of ether oxygens (including phenoxy) is 2. The van der Waals surface area contributed by atoms with Gasteiger partial charge in [-0.3, -0.25) is 5.32 Å². The molecule has 0 aliphatic carbocycles. The minimum atomic E-state index is -0.600. The number of esters is 1. The molecule has 1 rings (SSSR count). The third-order valence-corrected chi connectivity index (χ3v) is 3.04. The first-order valence-corrected chi connectivity index (χ1v) is 6.24. The van der Waals surface area contributed by atoms with Crippen LogP contribution in [0.25, 0.3) is 0 Å². The maximum Gasteiger partial charge on any atom is 0.327 e. The predicted octanol–water partition coefficient (Wildman–Crippen LogP) is 2.00. The predicted molar refractivity (Wildman–Crippen MR) is 72.3 cm³/mol. The Morgan fingerprint density at radius 2 is 2.11 bits per heavy atom. The number of rotatable bonds is 6. The lowest BCUT2D eigenvalue weighted by molar-refractivity contribution is -0.143. The Bertz CT molecular complexity index is 433. The summed E-state index contributed by atoms with van der Waals surface area (Å²) in [6.07, 6.45) is 0.885. The van der Waals surface area contributed by atoms with Gasteiger partial charge < -0.3 is 14.6 Å². The zero-order valence-corrected chi connectivity index (χ0v) is 11.8. The molecule has 19 heavy (non-hydrogen) atoms. The SMILES string of the molecule is CCC(C)NC(C(=O)OC)c1ccc(OC)c(O)c1. The van der Waals surface area contributed by atoms with Gasteiger partial charge in [-0.1, -0.05) is 13.0 Å². The van der Waals surface area contributed by atoms with Crippen molar-refractivity contribution in [3.63, 3.8) is 0 Å². The second-order valence-corrected chi connectivity index (χ2v) is 4.36. The molecule has 0 saturated heterocycles. The minimum Gasteiger partial charge on any atom is -0.504 e. The van der Waals surface area contributed by atoms with Crippen LogP contribution >= 0.6 is 0 Å². The number of hydrogen-bond acceptors (Lipinski definition) is 5. The topological polar surface area (TPSA) is 67.8 Å². The number of nitrogens with one attached hydrogen (secondary N) is 1. The van der Waals surface area contributed by atoms with Gasteiger partial charge in [0.15, 0.2) is 11.5 Å². The van der Waals surface area contributed by atoms with E-state index in [9.17, 15) is 9.90 Å². The molecule has 0 saturated carbocycles. The molecule has 0 amide bonds. The van der Waals surface area contributed by atoms with E-state index < -0.39 is 6.04 Å². The van der Waals surface area contributed by atoms with Gasteiger partial charge in [-0.2, -0.15) is 0 Å². The molecule has 2 unspecified atom stereocenters. The molecule has 0 fully saturated rings. The van der Waals surface area contributed by atoms with E-state index in [-0.39, 0.29) is 17.8 Å². The number of carbonyl (C=O) groups is 1. The molecule has 2 N–H and O–H groups in total. The van der Waals surface area contributed by atoms with Gasteiger partial charge in [0.05, 0.1) is 14.2 Å². The minimum absolute atomic E-state index is 0.000135. The monoisotopic (exact) mass is 267 g/mol. The molecule has 5 nitrogen and oxygen atoms in total. The largest absolute Gasteiger partial charge is 0.504 e. The second kappa shape index (κ2) is 6.99. The van der Waals surface area contributed by atoms with Crippen molar-refractivity contribution in [3.05, 3.63) is 23.8 Å². The molecule has 5 heteroatoms. The highest BCUT2D eigenvalue weighted by molar-refractivity contribution is 5.78. The summed E-state index contributed by atoms with van der Waals surface area (Å²) in [6.45, 7) is 4.01. The highest BCUT2D eigenvalue weighted by Crippen LogP contribution is 2.29. The molecular weight excluding hydrogens is 246 g/mol. The number of carbonyl (C=O) groups excluding carboxylic acids is 1. The van der Waals surface area contributed by atoms with Crippen LogP contribution in [0.4, 0.5) is 0 Å². The van der Waals surface area contributed by atoms with Crippen LogP contribution in [-0.4, -0.2) is 31.3 Å². The average molecular weight is 267 g/mol.